The van der Waals surface area contributed by atoms with Crippen LogP contribution >= 0.6 is 0 Å². The monoisotopic (exact) mass is 447 g/mol. The second kappa shape index (κ2) is 23.8. The number of nitrogens with one attached hydrogen (secondary N) is 1. The molecular weight excluding hydrogens is 410 g/mol. The van der Waals surface area contributed by atoms with E-state index < -0.39 is 5.97 Å². The minimum Gasteiger partial charge on any atom is -0.478 e. The summed E-state index contributed by atoms with van der Waals surface area (Å²) in [5.74, 6) is -0.998. The quantitative estimate of drug-likeness (QED) is 0.248. The highest BCUT2D eigenvalue weighted by molar-refractivity contribution is 5.86. The predicted molar refractivity (Wildman–Crippen MR) is 130 cm³/mol. The molecule has 1 rings (SSSR count). The smallest absolute Gasteiger partial charge is 0.330 e. The molecule has 0 heterocycles. The van der Waals surface area contributed by atoms with E-state index in [1.807, 2.05) is 36.4 Å². The summed E-state index contributed by atoms with van der Waals surface area (Å²) in [7, 11) is 0. The van der Waals surface area contributed by atoms with Crippen LogP contribution in [0.25, 0.3) is 6.08 Å². The molecule has 7 nitrogen and oxygen atoms in total. The molecular formula is C25H37NO6. The third-order valence-corrected chi connectivity index (χ3v) is 2.84. The molecule has 1 aromatic rings. The molecule has 0 fully saturated rings. The zero-order valence-corrected chi connectivity index (χ0v) is 19.6. The number of rotatable bonds is 9. The summed E-state index contributed by atoms with van der Waals surface area (Å²) in [6.07, 6.45) is 4.20. The number of carboxylic acids is 1. The van der Waals surface area contributed by atoms with Gasteiger partial charge in [0.2, 0.25) is 5.91 Å². The fourth-order valence-electron chi connectivity index (χ4n) is 1.28. The number of aliphatic carboxylic acids is 1. The molecule has 0 saturated heterocycles. The minimum absolute atomic E-state index is 0.176. The number of carboxylic acid groups (broad SMARTS) is 1. The zero-order valence-electron chi connectivity index (χ0n) is 19.6. The molecule has 0 atom stereocenters. The Kier molecular flexibility index (Phi) is 24.7. The topological polar surface area (TPSA) is 102 Å². The molecule has 0 aliphatic heterocycles. The predicted octanol–water partition coefficient (Wildman–Crippen LogP) is 4.63. The van der Waals surface area contributed by atoms with Crippen LogP contribution in [0.15, 0.2) is 74.4 Å². The van der Waals surface area contributed by atoms with Crippen molar-refractivity contribution >= 4 is 23.9 Å². The van der Waals surface area contributed by atoms with E-state index in [4.69, 9.17) is 9.84 Å². The van der Waals surface area contributed by atoms with Crippen LogP contribution in [0.4, 0.5) is 0 Å². The molecule has 7 heteroatoms. The van der Waals surface area contributed by atoms with Gasteiger partial charge in [0.05, 0.1) is 13.2 Å². The van der Waals surface area contributed by atoms with Crippen molar-refractivity contribution in [3.63, 3.8) is 0 Å². The summed E-state index contributed by atoms with van der Waals surface area (Å²) in [6, 6.07) is 10.0. The fourth-order valence-corrected chi connectivity index (χ4v) is 1.28. The van der Waals surface area contributed by atoms with Gasteiger partial charge in [-0.1, -0.05) is 76.6 Å². The van der Waals surface area contributed by atoms with E-state index in [2.05, 4.69) is 50.2 Å². The first-order valence-electron chi connectivity index (χ1n) is 9.88. The van der Waals surface area contributed by atoms with Crippen LogP contribution in [0.3, 0.4) is 0 Å². The van der Waals surface area contributed by atoms with E-state index in [9.17, 15) is 14.4 Å². The number of ether oxygens (including phenoxy) is 2. The lowest BCUT2D eigenvalue weighted by molar-refractivity contribution is -0.137. The van der Waals surface area contributed by atoms with Crippen molar-refractivity contribution in [3.05, 3.63) is 79.9 Å². The maximum atomic E-state index is 10.5. The van der Waals surface area contributed by atoms with Crippen LogP contribution in [0, 0.1) is 5.92 Å². The Morgan fingerprint density at radius 1 is 1.09 bits per heavy atom. The van der Waals surface area contributed by atoms with Crippen molar-refractivity contribution in [2.75, 3.05) is 19.9 Å². The van der Waals surface area contributed by atoms with Crippen LogP contribution in [-0.2, 0) is 23.9 Å². The van der Waals surface area contributed by atoms with Gasteiger partial charge in [0.15, 0.2) is 0 Å². The molecule has 0 radical (unpaired) electrons. The third-order valence-electron chi connectivity index (χ3n) is 2.84. The van der Waals surface area contributed by atoms with Gasteiger partial charge in [-0.25, -0.2) is 9.59 Å². The normalized spacial score (nSPS) is 8.53. The first kappa shape index (κ1) is 33.2. The molecule has 0 spiro atoms. The molecule has 0 aromatic heterocycles. The number of carbonyl (C=O) groups is 3. The van der Waals surface area contributed by atoms with Gasteiger partial charge in [0, 0.05) is 11.6 Å². The summed E-state index contributed by atoms with van der Waals surface area (Å²) >= 11 is 0. The average molecular weight is 448 g/mol. The van der Waals surface area contributed by atoms with Crippen LogP contribution in [-0.4, -0.2) is 42.9 Å². The van der Waals surface area contributed by atoms with Crippen molar-refractivity contribution in [2.24, 2.45) is 5.92 Å². The number of benzene rings is 1. The Balaban J connectivity index is -0.000000360. The number of carbonyl (C=O) groups excluding carboxylic acids is 2. The third kappa shape index (κ3) is 28.8. The van der Waals surface area contributed by atoms with Gasteiger partial charge < -0.3 is 19.9 Å². The van der Waals surface area contributed by atoms with E-state index in [1.54, 1.807) is 6.92 Å². The lowest BCUT2D eigenvalue weighted by atomic mass is 10.2. The molecule has 0 saturated carbocycles. The van der Waals surface area contributed by atoms with E-state index in [1.165, 1.54) is 18.6 Å². The highest BCUT2D eigenvalue weighted by Gasteiger charge is 1.94. The molecule has 0 unspecified atom stereocenters. The molecule has 0 aliphatic rings. The van der Waals surface area contributed by atoms with E-state index >= 15 is 0 Å². The van der Waals surface area contributed by atoms with Crippen molar-refractivity contribution < 1.29 is 29.0 Å². The zero-order chi connectivity index (χ0) is 25.4. The van der Waals surface area contributed by atoms with Gasteiger partial charge in [-0.15, -0.1) is 0 Å². The molecule has 1 aromatic carbocycles. The second-order valence-electron chi connectivity index (χ2n) is 6.31. The van der Waals surface area contributed by atoms with Crippen LogP contribution in [0.2, 0.25) is 0 Å². The van der Waals surface area contributed by atoms with Crippen LogP contribution in [0.5, 0.6) is 0 Å². The van der Waals surface area contributed by atoms with Gasteiger partial charge in [-0.2, -0.15) is 0 Å². The van der Waals surface area contributed by atoms with E-state index in [-0.39, 0.29) is 24.2 Å². The van der Waals surface area contributed by atoms with E-state index in [0.29, 0.717) is 19.1 Å². The summed E-state index contributed by atoms with van der Waals surface area (Å²) in [4.78, 5) is 30.2. The SMILES string of the molecule is C=C(C)C(=O)O.C=CC(=O)NCOCC(C)C.C=CC(=O)OCC.C=Cc1ccccc1. The molecule has 1 amide bonds. The Hall–Kier alpha value is -3.45. The standard InChI is InChI=1S/C8H15NO2.C8H8.C5H8O2.C4H6O2/c1-4-8(10)9-6-11-5-7(2)3;1-2-8-6-4-3-5-7-8;1-3-5(6)7-4-2;1-3(2)4(5)6/h4,7H,1,5-6H2,2-3H3,(H,9,10);2-7H,1H2;3H,1,4H2,2H3;1H2,2H3,(H,5,6). The number of esters is 1. The van der Waals surface area contributed by atoms with Crippen molar-refractivity contribution in [1.29, 1.82) is 0 Å². The largest absolute Gasteiger partial charge is 0.478 e. The maximum absolute atomic E-state index is 10.5. The van der Waals surface area contributed by atoms with E-state index in [0.717, 1.165) is 6.08 Å². The number of amides is 1. The van der Waals surface area contributed by atoms with Gasteiger partial charge in [0.1, 0.15) is 6.73 Å². The van der Waals surface area contributed by atoms with Gasteiger partial charge in [-0.3, -0.25) is 4.79 Å². The second-order valence-corrected chi connectivity index (χ2v) is 6.31. The summed E-state index contributed by atoms with van der Waals surface area (Å²) in [5.41, 5.74) is 1.35. The lowest BCUT2D eigenvalue weighted by Gasteiger charge is -2.06. The van der Waals surface area contributed by atoms with Gasteiger partial charge in [-0.05, 0) is 31.4 Å². The Bertz CT molecular complexity index is 684. The van der Waals surface area contributed by atoms with Gasteiger partial charge in [0.25, 0.3) is 0 Å². The first-order chi connectivity index (χ1) is 15.0. The Morgan fingerprint density at radius 2 is 1.62 bits per heavy atom. The first-order valence-corrected chi connectivity index (χ1v) is 9.88. The molecule has 0 aliphatic carbocycles. The summed E-state index contributed by atoms with van der Waals surface area (Å²) < 4.78 is 9.52. The van der Waals surface area contributed by atoms with Crippen LogP contribution < -0.4 is 5.32 Å². The van der Waals surface area contributed by atoms with Crippen LogP contribution in [0.1, 0.15) is 33.3 Å². The Morgan fingerprint density at radius 3 is 1.91 bits per heavy atom. The lowest BCUT2D eigenvalue weighted by Crippen LogP contribution is -2.24. The maximum Gasteiger partial charge on any atom is 0.330 e. The summed E-state index contributed by atoms with van der Waals surface area (Å²) in [5, 5.41) is 10.4. The highest BCUT2D eigenvalue weighted by atomic mass is 16.5. The number of hydrogen-bond acceptors (Lipinski definition) is 5. The van der Waals surface area contributed by atoms with Crippen molar-refractivity contribution in [3.8, 4) is 0 Å². The van der Waals surface area contributed by atoms with Crippen molar-refractivity contribution in [2.45, 2.75) is 27.7 Å². The molecule has 0 bridgehead atoms. The summed E-state index contributed by atoms with van der Waals surface area (Å²) in [6.45, 7) is 22.0. The highest BCUT2D eigenvalue weighted by Crippen LogP contribution is 1.97. The molecule has 32 heavy (non-hydrogen) atoms. The van der Waals surface area contributed by atoms with Gasteiger partial charge >= 0.3 is 11.9 Å². The number of hydrogen-bond donors (Lipinski definition) is 2. The van der Waals surface area contributed by atoms with Crippen molar-refractivity contribution in [1.82, 2.24) is 5.32 Å². The fraction of sp³-hybridized carbons (Fsp3) is 0.320. The minimum atomic E-state index is -0.935. The average Bonchev–Trinajstić information content (AvgIpc) is 2.78. The molecule has 178 valence electrons. The molecule has 2 N–H and O–H groups in total. The Labute approximate surface area is 192 Å².